The van der Waals surface area contributed by atoms with Crippen LogP contribution in [0.15, 0.2) is 12.1 Å². The molecule has 0 heterocycles. The van der Waals surface area contributed by atoms with Gasteiger partial charge in [0, 0.05) is 0 Å². The number of phenols is 1. The summed E-state index contributed by atoms with van der Waals surface area (Å²) in [7, 11) is 0. The zero-order chi connectivity index (χ0) is 18.3. The standard InChI is InChI=1S/C24H42O/c1-4-7-9-11-12-13-15-18-23-22(17-14-10-8-5-2)21(16-6-3)19-20-24(23)25/h19-20,25H,4-18H2,1-3H3. The molecule has 1 heteroatoms. The Morgan fingerprint density at radius 1 is 0.560 bits per heavy atom. The molecule has 0 fully saturated rings. The maximum atomic E-state index is 10.5. The highest BCUT2D eigenvalue weighted by Gasteiger charge is 2.12. The molecule has 1 rings (SSSR count). The van der Waals surface area contributed by atoms with Crippen molar-refractivity contribution in [1.82, 2.24) is 0 Å². The van der Waals surface area contributed by atoms with Gasteiger partial charge in [-0.2, -0.15) is 0 Å². The summed E-state index contributed by atoms with van der Waals surface area (Å²) in [6, 6.07) is 4.11. The maximum Gasteiger partial charge on any atom is 0.119 e. The molecule has 1 aromatic carbocycles. The van der Waals surface area contributed by atoms with Gasteiger partial charge in [-0.1, -0.05) is 91.0 Å². The van der Waals surface area contributed by atoms with Gasteiger partial charge in [0.1, 0.15) is 5.75 Å². The number of hydrogen-bond donors (Lipinski definition) is 1. The Morgan fingerprint density at radius 2 is 1.08 bits per heavy atom. The van der Waals surface area contributed by atoms with Crippen LogP contribution in [0.3, 0.4) is 0 Å². The molecule has 0 aliphatic heterocycles. The average Bonchev–Trinajstić information content (AvgIpc) is 2.61. The molecule has 1 nitrogen and oxygen atoms in total. The van der Waals surface area contributed by atoms with E-state index >= 15 is 0 Å². The summed E-state index contributed by atoms with van der Waals surface area (Å²) in [5.74, 6) is 0.538. The zero-order valence-electron chi connectivity index (χ0n) is 17.2. The first-order chi connectivity index (χ1) is 12.2. The predicted molar refractivity (Wildman–Crippen MR) is 112 cm³/mol. The molecule has 0 unspecified atom stereocenters. The number of unbranched alkanes of at least 4 members (excludes halogenated alkanes) is 9. The molecule has 0 aliphatic carbocycles. The van der Waals surface area contributed by atoms with Gasteiger partial charge < -0.3 is 5.11 Å². The van der Waals surface area contributed by atoms with Gasteiger partial charge in [0.05, 0.1) is 0 Å². The molecule has 0 radical (unpaired) electrons. The van der Waals surface area contributed by atoms with Crippen molar-refractivity contribution in [3.8, 4) is 5.75 Å². The first kappa shape index (κ1) is 22.1. The molecule has 0 saturated heterocycles. The zero-order valence-corrected chi connectivity index (χ0v) is 17.2. The van der Waals surface area contributed by atoms with Crippen LogP contribution in [-0.2, 0) is 19.3 Å². The number of aromatic hydroxyl groups is 1. The number of rotatable bonds is 15. The fourth-order valence-corrected chi connectivity index (χ4v) is 3.81. The topological polar surface area (TPSA) is 20.2 Å². The Bertz CT molecular complexity index is 450. The van der Waals surface area contributed by atoms with Crippen molar-refractivity contribution >= 4 is 0 Å². The molecular formula is C24H42O. The van der Waals surface area contributed by atoms with Gasteiger partial charge in [-0.3, -0.25) is 0 Å². The van der Waals surface area contributed by atoms with Crippen molar-refractivity contribution in [1.29, 1.82) is 0 Å². The second-order valence-corrected chi connectivity index (χ2v) is 7.63. The lowest BCUT2D eigenvalue weighted by Crippen LogP contribution is -2.02. The summed E-state index contributed by atoms with van der Waals surface area (Å²) >= 11 is 0. The van der Waals surface area contributed by atoms with Crippen LogP contribution in [0.1, 0.15) is 115 Å². The minimum absolute atomic E-state index is 0.538. The van der Waals surface area contributed by atoms with Crippen molar-refractivity contribution in [3.63, 3.8) is 0 Å². The van der Waals surface area contributed by atoms with Crippen molar-refractivity contribution in [3.05, 3.63) is 28.8 Å². The van der Waals surface area contributed by atoms with Crippen molar-refractivity contribution in [2.75, 3.05) is 0 Å². The van der Waals surface area contributed by atoms with Crippen molar-refractivity contribution < 1.29 is 5.11 Å². The summed E-state index contributed by atoms with van der Waals surface area (Å²) in [6.07, 6.45) is 19.0. The van der Waals surface area contributed by atoms with E-state index in [2.05, 4.69) is 26.8 Å². The van der Waals surface area contributed by atoms with Crippen LogP contribution >= 0.6 is 0 Å². The molecular weight excluding hydrogens is 304 g/mol. The third-order valence-corrected chi connectivity index (χ3v) is 5.33. The molecule has 144 valence electrons. The van der Waals surface area contributed by atoms with E-state index in [0.717, 1.165) is 19.3 Å². The number of hydrogen-bond acceptors (Lipinski definition) is 1. The largest absolute Gasteiger partial charge is 0.508 e. The summed E-state index contributed by atoms with van der Waals surface area (Å²) in [5.41, 5.74) is 4.22. The van der Waals surface area contributed by atoms with E-state index in [4.69, 9.17) is 0 Å². The van der Waals surface area contributed by atoms with Crippen LogP contribution in [0.4, 0.5) is 0 Å². The quantitative estimate of drug-likeness (QED) is 0.322. The van der Waals surface area contributed by atoms with Gasteiger partial charge in [0.2, 0.25) is 0 Å². The first-order valence-corrected chi connectivity index (χ1v) is 11.1. The Hall–Kier alpha value is -0.980. The van der Waals surface area contributed by atoms with Crippen LogP contribution in [0, 0.1) is 0 Å². The van der Waals surface area contributed by atoms with Crippen molar-refractivity contribution in [2.45, 2.75) is 117 Å². The van der Waals surface area contributed by atoms with Gasteiger partial charge in [-0.05, 0) is 54.9 Å². The summed E-state index contributed by atoms with van der Waals surface area (Å²) < 4.78 is 0. The normalized spacial score (nSPS) is 11.2. The summed E-state index contributed by atoms with van der Waals surface area (Å²) in [5, 5.41) is 10.5. The van der Waals surface area contributed by atoms with E-state index in [-0.39, 0.29) is 0 Å². The second-order valence-electron chi connectivity index (χ2n) is 7.63. The molecule has 0 amide bonds. The van der Waals surface area contributed by atoms with E-state index in [1.54, 1.807) is 0 Å². The molecule has 0 aliphatic rings. The van der Waals surface area contributed by atoms with Gasteiger partial charge in [0.25, 0.3) is 0 Å². The molecule has 0 bridgehead atoms. The van der Waals surface area contributed by atoms with Gasteiger partial charge in [0.15, 0.2) is 0 Å². The van der Waals surface area contributed by atoms with Crippen LogP contribution in [0.5, 0.6) is 5.75 Å². The molecule has 0 aromatic heterocycles. The lowest BCUT2D eigenvalue weighted by atomic mass is 9.90. The number of aryl methyl sites for hydroxylation is 1. The van der Waals surface area contributed by atoms with Crippen LogP contribution in [0.25, 0.3) is 0 Å². The van der Waals surface area contributed by atoms with Crippen LogP contribution < -0.4 is 0 Å². The average molecular weight is 347 g/mol. The fraction of sp³-hybridized carbons (Fsp3) is 0.750. The summed E-state index contributed by atoms with van der Waals surface area (Å²) in [4.78, 5) is 0. The second kappa shape index (κ2) is 14.2. The molecule has 0 spiro atoms. The summed E-state index contributed by atoms with van der Waals surface area (Å²) in [6.45, 7) is 6.79. The van der Waals surface area contributed by atoms with Gasteiger partial charge >= 0.3 is 0 Å². The minimum Gasteiger partial charge on any atom is -0.508 e. The third-order valence-electron chi connectivity index (χ3n) is 5.33. The highest BCUT2D eigenvalue weighted by Crippen LogP contribution is 2.29. The molecule has 25 heavy (non-hydrogen) atoms. The van der Waals surface area contributed by atoms with Crippen LogP contribution in [-0.4, -0.2) is 5.11 Å². The van der Waals surface area contributed by atoms with E-state index in [1.807, 2.05) is 6.07 Å². The monoisotopic (exact) mass is 346 g/mol. The molecule has 0 atom stereocenters. The Balaban J connectivity index is 2.62. The van der Waals surface area contributed by atoms with Gasteiger partial charge in [-0.15, -0.1) is 0 Å². The maximum absolute atomic E-state index is 10.5. The highest BCUT2D eigenvalue weighted by molar-refractivity contribution is 5.45. The SMILES string of the molecule is CCCCCCCCCc1c(O)ccc(CCC)c1CCCCCC. The Morgan fingerprint density at radius 3 is 1.68 bits per heavy atom. The predicted octanol–water partition coefficient (Wildman–Crippen LogP) is 7.76. The van der Waals surface area contributed by atoms with Crippen molar-refractivity contribution in [2.24, 2.45) is 0 Å². The smallest absolute Gasteiger partial charge is 0.119 e. The molecule has 1 N–H and O–H groups in total. The lowest BCUT2D eigenvalue weighted by Gasteiger charge is -2.17. The minimum atomic E-state index is 0.538. The Kier molecular flexibility index (Phi) is 12.5. The lowest BCUT2D eigenvalue weighted by molar-refractivity contribution is 0.463. The van der Waals surface area contributed by atoms with Crippen LogP contribution in [0.2, 0.25) is 0 Å². The Labute approximate surface area is 157 Å². The third kappa shape index (κ3) is 8.79. The molecule has 0 saturated carbocycles. The van der Waals surface area contributed by atoms with E-state index in [9.17, 15) is 5.11 Å². The van der Waals surface area contributed by atoms with E-state index in [1.165, 1.54) is 93.7 Å². The van der Waals surface area contributed by atoms with E-state index in [0.29, 0.717) is 5.75 Å². The number of phenolic OH excluding ortho intramolecular Hbond substituents is 1. The van der Waals surface area contributed by atoms with Gasteiger partial charge in [-0.25, -0.2) is 0 Å². The fourth-order valence-electron chi connectivity index (χ4n) is 3.81. The molecule has 1 aromatic rings. The first-order valence-electron chi connectivity index (χ1n) is 11.1. The highest BCUT2D eigenvalue weighted by atomic mass is 16.3. The van der Waals surface area contributed by atoms with E-state index < -0.39 is 0 Å². The number of benzene rings is 1.